The van der Waals surface area contributed by atoms with Crippen LogP contribution in [0.5, 0.6) is 0 Å². The second-order valence-corrected chi connectivity index (χ2v) is 4.44. The average molecular weight is 188 g/mol. The molecule has 0 aliphatic heterocycles. The van der Waals surface area contributed by atoms with Crippen molar-refractivity contribution in [1.82, 2.24) is 0 Å². The van der Waals surface area contributed by atoms with Crippen molar-refractivity contribution >= 4 is 0 Å². The molecule has 0 heterocycles. The lowest BCUT2D eigenvalue weighted by molar-refractivity contribution is -0.194. The van der Waals surface area contributed by atoms with Crippen molar-refractivity contribution in [3.63, 3.8) is 0 Å². The van der Waals surface area contributed by atoms with Crippen LogP contribution in [-0.2, 0) is 9.47 Å². The monoisotopic (exact) mass is 188 g/mol. The molecule has 0 aromatic heterocycles. The molecule has 80 valence electrons. The molecule has 0 atom stereocenters. The lowest BCUT2D eigenvalue weighted by Crippen LogP contribution is -2.32. The molecule has 0 unspecified atom stereocenters. The third-order valence-electron chi connectivity index (χ3n) is 1.65. The fourth-order valence-corrected chi connectivity index (χ4v) is 0.998. The molecular formula is C11H24O2. The van der Waals surface area contributed by atoms with Gasteiger partial charge in [0.15, 0.2) is 6.29 Å². The molecule has 0 amide bonds. The Kier molecular flexibility index (Phi) is 6.35. The Morgan fingerprint density at radius 2 is 1.31 bits per heavy atom. The molecule has 0 N–H and O–H groups in total. The molecule has 0 saturated heterocycles. The first-order valence-electron chi connectivity index (χ1n) is 5.25. The van der Waals surface area contributed by atoms with Gasteiger partial charge in [-0.15, -0.1) is 0 Å². The number of hydrogen-bond donors (Lipinski definition) is 0. The van der Waals surface area contributed by atoms with E-state index >= 15 is 0 Å². The average Bonchev–Trinajstić information content (AvgIpc) is 2.02. The van der Waals surface area contributed by atoms with Crippen LogP contribution in [0.1, 0.15) is 47.5 Å². The Labute approximate surface area is 82.6 Å². The van der Waals surface area contributed by atoms with Crippen molar-refractivity contribution in [2.75, 3.05) is 13.2 Å². The highest BCUT2D eigenvalue weighted by molar-refractivity contribution is 4.66. The Balaban J connectivity index is 3.88. The molecule has 0 bridgehead atoms. The van der Waals surface area contributed by atoms with Crippen LogP contribution in [0, 0.1) is 5.41 Å². The quantitative estimate of drug-likeness (QED) is 0.596. The van der Waals surface area contributed by atoms with Gasteiger partial charge in [-0.05, 0) is 12.8 Å². The molecule has 0 fully saturated rings. The van der Waals surface area contributed by atoms with Gasteiger partial charge in [0.1, 0.15) is 0 Å². The Hall–Kier alpha value is -0.0800. The summed E-state index contributed by atoms with van der Waals surface area (Å²) in [5, 5.41) is 0. The van der Waals surface area contributed by atoms with Crippen molar-refractivity contribution in [2.45, 2.75) is 53.8 Å². The smallest absolute Gasteiger partial charge is 0.162 e. The van der Waals surface area contributed by atoms with Crippen LogP contribution in [0.25, 0.3) is 0 Å². The fraction of sp³-hybridized carbons (Fsp3) is 1.00. The van der Waals surface area contributed by atoms with Crippen LogP contribution in [-0.4, -0.2) is 19.5 Å². The van der Waals surface area contributed by atoms with Crippen LogP contribution in [0.3, 0.4) is 0 Å². The van der Waals surface area contributed by atoms with E-state index < -0.39 is 0 Å². The normalized spacial score (nSPS) is 12.5. The van der Waals surface area contributed by atoms with Gasteiger partial charge in [0.2, 0.25) is 0 Å². The van der Waals surface area contributed by atoms with Crippen molar-refractivity contribution in [3.8, 4) is 0 Å². The van der Waals surface area contributed by atoms with E-state index in [-0.39, 0.29) is 11.7 Å². The molecule has 0 aromatic carbocycles. The molecule has 2 nitrogen and oxygen atoms in total. The van der Waals surface area contributed by atoms with Gasteiger partial charge >= 0.3 is 0 Å². The number of rotatable bonds is 6. The van der Waals surface area contributed by atoms with Gasteiger partial charge in [-0.1, -0.05) is 34.6 Å². The van der Waals surface area contributed by atoms with E-state index in [1.807, 2.05) is 0 Å². The van der Waals surface area contributed by atoms with E-state index in [0.717, 1.165) is 26.1 Å². The molecule has 0 aliphatic rings. The maximum Gasteiger partial charge on any atom is 0.162 e. The van der Waals surface area contributed by atoms with Crippen LogP contribution in [0.2, 0.25) is 0 Å². The minimum Gasteiger partial charge on any atom is -0.352 e. The van der Waals surface area contributed by atoms with Crippen molar-refractivity contribution in [2.24, 2.45) is 5.41 Å². The number of hydrogen-bond acceptors (Lipinski definition) is 2. The van der Waals surface area contributed by atoms with Crippen LogP contribution in [0.15, 0.2) is 0 Å². The first-order chi connectivity index (χ1) is 6.02. The van der Waals surface area contributed by atoms with Crippen molar-refractivity contribution < 1.29 is 9.47 Å². The van der Waals surface area contributed by atoms with E-state index in [9.17, 15) is 0 Å². The van der Waals surface area contributed by atoms with E-state index in [1.54, 1.807) is 0 Å². The summed E-state index contributed by atoms with van der Waals surface area (Å²) in [6.07, 6.45) is 2.02. The van der Waals surface area contributed by atoms with Crippen LogP contribution >= 0.6 is 0 Å². The molecule has 0 aromatic rings. The molecular weight excluding hydrogens is 164 g/mol. The standard InChI is InChI=1S/C11H24O2/c1-6-8-12-10(11(3,4)5)13-9-7-2/h10H,6-9H2,1-5H3. The maximum absolute atomic E-state index is 5.64. The first-order valence-corrected chi connectivity index (χ1v) is 5.25. The second kappa shape index (κ2) is 6.39. The van der Waals surface area contributed by atoms with Gasteiger partial charge in [-0.25, -0.2) is 0 Å². The SMILES string of the molecule is CCCOC(OCCC)C(C)(C)C. The van der Waals surface area contributed by atoms with Gasteiger partial charge in [-0.2, -0.15) is 0 Å². The van der Waals surface area contributed by atoms with Crippen LogP contribution < -0.4 is 0 Å². The lowest BCUT2D eigenvalue weighted by atomic mass is 9.96. The van der Waals surface area contributed by atoms with Crippen molar-refractivity contribution in [3.05, 3.63) is 0 Å². The summed E-state index contributed by atoms with van der Waals surface area (Å²) in [4.78, 5) is 0. The van der Waals surface area contributed by atoms with Crippen LogP contribution in [0.4, 0.5) is 0 Å². The zero-order valence-electron chi connectivity index (χ0n) is 9.72. The fourth-order valence-electron chi connectivity index (χ4n) is 0.998. The van der Waals surface area contributed by atoms with Gasteiger partial charge in [0, 0.05) is 18.6 Å². The summed E-state index contributed by atoms with van der Waals surface area (Å²) in [7, 11) is 0. The van der Waals surface area contributed by atoms with Gasteiger partial charge in [0.05, 0.1) is 0 Å². The summed E-state index contributed by atoms with van der Waals surface area (Å²) < 4.78 is 11.3. The van der Waals surface area contributed by atoms with E-state index in [0.29, 0.717) is 0 Å². The molecule has 2 heteroatoms. The summed E-state index contributed by atoms with van der Waals surface area (Å²) in [5.41, 5.74) is 0.0737. The highest BCUT2D eigenvalue weighted by atomic mass is 16.7. The second-order valence-electron chi connectivity index (χ2n) is 4.44. The first kappa shape index (κ1) is 12.9. The van der Waals surface area contributed by atoms with E-state index in [1.165, 1.54) is 0 Å². The molecule has 13 heavy (non-hydrogen) atoms. The van der Waals surface area contributed by atoms with E-state index in [4.69, 9.17) is 9.47 Å². The Morgan fingerprint density at radius 1 is 0.923 bits per heavy atom. The Morgan fingerprint density at radius 3 is 1.54 bits per heavy atom. The number of ether oxygens (including phenoxy) is 2. The minimum atomic E-state index is -0.0626. The molecule has 0 saturated carbocycles. The largest absolute Gasteiger partial charge is 0.352 e. The van der Waals surface area contributed by atoms with Crippen molar-refractivity contribution in [1.29, 1.82) is 0 Å². The zero-order chi connectivity index (χ0) is 10.3. The summed E-state index contributed by atoms with van der Waals surface area (Å²) in [5.74, 6) is 0. The molecule has 0 rings (SSSR count). The summed E-state index contributed by atoms with van der Waals surface area (Å²) in [6.45, 7) is 12.2. The lowest BCUT2D eigenvalue weighted by Gasteiger charge is -2.30. The Bertz CT molecular complexity index is 108. The summed E-state index contributed by atoms with van der Waals surface area (Å²) >= 11 is 0. The van der Waals surface area contributed by atoms with Gasteiger partial charge in [-0.3, -0.25) is 0 Å². The predicted octanol–water partition coefficient (Wildman–Crippen LogP) is 3.21. The molecule has 0 aliphatic carbocycles. The maximum atomic E-state index is 5.64. The van der Waals surface area contributed by atoms with Gasteiger partial charge < -0.3 is 9.47 Å². The third kappa shape index (κ3) is 6.05. The van der Waals surface area contributed by atoms with Gasteiger partial charge in [0.25, 0.3) is 0 Å². The predicted molar refractivity (Wildman–Crippen MR) is 55.7 cm³/mol. The highest BCUT2D eigenvalue weighted by Gasteiger charge is 2.25. The minimum absolute atomic E-state index is 0.0626. The summed E-state index contributed by atoms with van der Waals surface area (Å²) in [6, 6.07) is 0. The van der Waals surface area contributed by atoms with E-state index in [2.05, 4.69) is 34.6 Å². The zero-order valence-corrected chi connectivity index (χ0v) is 9.72. The third-order valence-corrected chi connectivity index (χ3v) is 1.65. The molecule has 0 spiro atoms. The highest BCUT2D eigenvalue weighted by Crippen LogP contribution is 2.23. The topological polar surface area (TPSA) is 18.5 Å². The molecule has 0 radical (unpaired) electrons.